The number of H-pyrrole nitrogens is 1. The molecule has 50 valence electrons. The highest BCUT2D eigenvalue weighted by atomic mass is 35.5. The fraction of sp³-hybridized carbons (Fsp3) is 0.500. The summed E-state index contributed by atoms with van der Waals surface area (Å²) in [4.78, 5) is -0.323. The van der Waals surface area contributed by atoms with Crippen LogP contribution in [-0.4, -0.2) is 10.2 Å². The predicted molar refractivity (Wildman–Crippen MR) is 37.5 cm³/mol. The van der Waals surface area contributed by atoms with Gasteiger partial charge < -0.3 is 0 Å². The van der Waals surface area contributed by atoms with E-state index in [0.29, 0.717) is 0 Å². The van der Waals surface area contributed by atoms with E-state index >= 15 is 0 Å². The molecule has 0 atom stereocenters. The van der Waals surface area contributed by atoms with Crippen LogP contribution in [0, 0.1) is 0 Å². The Hall–Kier alpha value is -0.500. The van der Waals surface area contributed by atoms with Crippen molar-refractivity contribution in [3.8, 4) is 0 Å². The molecule has 1 rings (SSSR count). The molecule has 1 N–H and O–H groups in total. The van der Waals surface area contributed by atoms with Gasteiger partial charge in [0.05, 0.1) is 10.6 Å². The van der Waals surface area contributed by atoms with Crippen molar-refractivity contribution in [2.75, 3.05) is 0 Å². The van der Waals surface area contributed by atoms with Gasteiger partial charge >= 0.3 is 0 Å². The number of hydrogen-bond acceptors (Lipinski definition) is 1. The van der Waals surface area contributed by atoms with E-state index in [1.165, 1.54) is 0 Å². The van der Waals surface area contributed by atoms with Crippen LogP contribution in [0.15, 0.2) is 12.3 Å². The molecule has 0 saturated heterocycles. The van der Waals surface area contributed by atoms with Crippen molar-refractivity contribution in [2.24, 2.45) is 0 Å². The Balaban J connectivity index is 2.90. The number of aromatic nitrogens is 2. The zero-order valence-electron chi connectivity index (χ0n) is 5.48. The summed E-state index contributed by atoms with van der Waals surface area (Å²) in [6.07, 6.45) is 1.69. The third kappa shape index (κ3) is 1.45. The zero-order valence-corrected chi connectivity index (χ0v) is 6.24. The van der Waals surface area contributed by atoms with Gasteiger partial charge in [-0.2, -0.15) is 5.10 Å². The molecule has 1 aromatic heterocycles. The Bertz CT molecular complexity index is 173. The molecule has 3 heteroatoms. The first-order valence-corrected chi connectivity index (χ1v) is 3.17. The number of aromatic amines is 1. The normalized spacial score (nSPS) is 11.9. The average Bonchev–Trinajstić information content (AvgIpc) is 2.08. The van der Waals surface area contributed by atoms with Gasteiger partial charge in [-0.25, -0.2) is 0 Å². The second-order valence-corrected chi connectivity index (χ2v) is 3.39. The molecule has 1 aromatic rings. The smallest absolute Gasteiger partial charge is 0.0804 e. The minimum Gasteiger partial charge on any atom is -0.281 e. The minimum atomic E-state index is -0.323. The highest BCUT2D eigenvalue weighted by Gasteiger charge is 2.16. The molecule has 0 aliphatic heterocycles. The molecule has 0 unspecified atom stereocenters. The van der Waals surface area contributed by atoms with Gasteiger partial charge in [0.1, 0.15) is 0 Å². The molecule has 0 aromatic carbocycles. The summed E-state index contributed by atoms with van der Waals surface area (Å²) in [6.45, 7) is 3.84. The molecule has 0 spiro atoms. The highest BCUT2D eigenvalue weighted by Crippen LogP contribution is 2.24. The van der Waals surface area contributed by atoms with Gasteiger partial charge in [-0.15, -0.1) is 11.6 Å². The van der Waals surface area contributed by atoms with Crippen LogP contribution in [0.2, 0.25) is 0 Å². The van der Waals surface area contributed by atoms with Gasteiger partial charge in [-0.1, -0.05) is 0 Å². The van der Waals surface area contributed by atoms with Crippen LogP contribution in [-0.2, 0) is 4.87 Å². The second kappa shape index (κ2) is 2.03. The van der Waals surface area contributed by atoms with E-state index in [4.69, 9.17) is 11.6 Å². The van der Waals surface area contributed by atoms with Gasteiger partial charge in [0.2, 0.25) is 0 Å². The van der Waals surface area contributed by atoms with Crippen LogP contribution in [0.3, 0.4) is 0 Å². The average molecular weight is 145 g/mol. The SMILES string of the molecule is CC(C)(Cl)c1ccn[nH]1. The first-order valence-electron chi connectivity index (χ1n) is 2.79. The molecule has 0 saturated carbocycles. The molecular formula is C6H9ClN2. The van der Waals surface area contributed by atoms with Crippen LogP contribution >= 0.6 is 11.6 Å². The predicted octanol–water partition coefficient (Wildman–Crippen LogP) is 1.88. The van der Waals surface area contributed by atoms with Crippen molar-refractivity contribution < 1.29 is 0 Å². The third-order valence-corrected chi connectivity index (χ3v) is 1.34. The van der Waals surface area contributed by atoms with Crippen molar-refractivity contribution in [2.45, 2.75) is 18.7 Å². The van der Waals surface area contributed by atoms with E-state index in [0.717, 1.165) is 5.69 Å². The van der Waals surface area contributed by atoms with Crippen molar-refractivity contribution >= 4 is 11.6 Å². The number of nitrogens with one attached hydrogen (secondary N) is 1. The summed E-state index contributed by atoms with van der Waals surface area (Å²) in [6, 6.07) is 1.87. The molecular weight excluding hydrogens is 136 g/mol. The summed E-state index contributed by atoms with van der Waals surface area (Å²) < 4.78 is 0. The lowest BCUT2D eigenvalue weighted by Crippen LogP contribution is -2.07. The largest absolute Gasteiger partial charge is 0.281 e. The fourth-order valence-corrected chi connectivity index (χ4v) is 0.692. The molecule has 0 amide bonds. The van der Waals surface area contributed by atoms with Gasteiger partial charge in [-0.05, 0) is 19.9 Å². The fourth-order valence-electron chi connectivity index (χ4n) is 0.587. The molecule has 0 aliphatic carbocycles. The molecule has 0 aliphatic rings. The summed E-state index contributed by atoms with van der Waals surface area (Å²) >= 11 is 5.93. The van der Waals surface area contributed by atoms with E-state index in [1.807, 2.05) is 19.9 Å². The molecule has 0 radical (unpaired) electrons. The van der Waals surface area contributed by atoms with Crippen molar-refractivity contribution in [3.05, 3.63) is 18.0 Å². The Labute approximate surface area is 59.2 Å². The summed E-state index contributed by atoms with van der Waals surface area (Å²) in [5.74, 6) is 0. The molecule has 9 heavy (non-hydrogen) atoms. The lowest BCUT2D eigenvalue weighted by molar-refractivity contribution is 0.725. The van der Waals surface area contributed by atoms with Crippen LogP contribution in [0.1, 0.15) is 19.5 Å². The first-order chi connectivity index (χ1) is 4.11. The number of nitrogens with zero attached hydrogens (tertiary/aromatic N) is 1. The summed E-state index contributed by atoms with van der Waals surface area (Å²) in [7, 11) is 0. The topological polar surface area (TPSA) is 28.7 Å². The van der Waals surface area contributed by atoms with Gasteiger partial charge in [-0.3, -0.25) is 5.10 Å². The lowest BCUT2D eigenvalue weighted by Gasteiger charge is -2.11. The molecule has 2 nitrogen and oxygen atoms in total. The number of alkyl halides is 1. The maximum atomic E-state index is 5.93. The Morgan fingerprint density at radius 3 is 2.56 bits per heavy atom. The standard InChI is InChI=1S/C6H9ClN2/c1-6(2,7)5-3-4-8-9-5/h3-4H,1-2H3,(H,8,9). The van der Waals surface area contributed by atoms with Crippen LogP contribution in [0.5, 0.6) is 0 Å². The maximum Gasteiger partial charge on any atom is 0.0804 e. The molecule has 1 heterocycles. The Kier molecular flexibility index (Phi) is 1.49. The Morgan fingerprint density at radius 1 is 1.67 bits per heavy atom. The van der Waals surface area contributed by atoms with E-state index < -0.39 is 0 Å². The first kappa shape index (κ1) is 6.62. The van der Waals surface area contributed by atoms with Crippen molar-refractivity contribution in [1.82, 2.24) is 10.2 Å². The van der Waals surface area contributed by atoms with Gasteiger partial charge in [0, 0.05) is 6.20 Å². The highest BCUT2D eigenvalue weighted by molar-refractivity contribution is 6.23. The van der Waals surface area contributed by atoms with Gasteiger partial charge in [0.15, 0.2) is 0 Å². The van der Waals surface area contributed by atoms with E-state index in [-0.39, 0.29) is 4.87 Å². The van der Waals surface area contributed by atoms with Crippen molar-refractivity contribution in [3.63, 3.8) is 0 Å². The third-order valence-electron chi connectivity index (χ3n) is 1.14. The number of rotatable bonds is 1. The van der Waals surface area contributed by atoms with E-state index in [1.54, 1.807) is 6.20 Å². The monoisotopic (exact) mass is 144 g/mol. The van der Waals surface area contributed by atoms with Crippen LogP contribution in [0.4, 0.5) is 0 Å². The van der Waals surface area contributed by atoms with E-state index in [2.05, 4.69) is 10.2 Å². The van der Waals surface area contributed by atoms with E-state index in [9.17, 15) is 0 Å². The molecule has 0 bridgehead atoms. The summed E-state index contributed by atoms with van der Waals surface area (Å²) in [5, 5.41) is 6.57. The number of halogens is 1. The van der Waals surface area contributed by atoms with Crippen molar-refractivity contribution in [1.29, 1.82) is 0 Å². The minimum absolute atomic E-state index is 0.323. The summed E-state index contributed by atoms with van der Waals surface area (Å²) in [5.41, 5.74) is 0.948. The van der Waals surface area contributed by atoms with Crippen LogP contribution < -0.4 is 0 Å². The lowest BCUT2D eigenvalue weighted by atomic mass is 10.1. The van der Waals surface area contributed by atoms with Crippen LogP contribution in [0.25, 0.3) is 0 Å². The van der Waals surface area contributed by atoms with Gasteiger partial charge in [0.25, 0.3) is 0 Å². The quantitative estimate of drug-likeness (QED) is 0.599. The number of hydrogen-bond donors (Lipinski definition) is 1. The maximum absolute atomic E-state index is 5.93. The zero-order chi connectivity index (χ0) is 6.91. The second-order valence-electron chi connectivity index (χ2n) is 2.44. The Morgan fingerprint density at radius 2 is 2.33 bits per heavy atom. The molecule has 0 fully saturated rings.